The van der Waals surface area contributed by atoms with Crippen molar-refractivity contribution in [2.45, 2.75) is 18.2 Å². The molecule has 0 radical (unpaired) electrons. The van der Waals surface area contributed by atoms with Crippen molar-refractivity contribution < 1.29 is 9.18 Å². The number of nitrogens with one attached hydrogen (secondary N) is 1. The first-order valence-electron chi connectivity index (χ1n) is 6.37. The highest BCUT2D eigenvalue weighted by molar-refractivity contribution is 9.09. The zero-order valence-corrected chi connectivity index (χ0v) is 12.5. The zero-order chi connectivity index (χ0) is 14.3. The van der Waals surface area contributed by atoms with Crippen LogP contribution in [0.4, 0.5) is 10.1 Å². The van der Waals surface area contributed by atoms with Crippen molar-refractivity contribution in [2.75, 3.05) is 5.32 Å². The molecule has 1 aliphatic rings. The lowest BCUT2D eigenvalue weighted by Crippen LogP contribution is -2.03. The van der Waals surface area contributed by atoms with Crippen molar-refractivity contribution in [1.82, 2.24) is 0 Å². The standard InChI is InChI=1S/C16H13BrFNO/c1-9-2-4-12(13(18)6-9)16(17)10-3-5-14-11(7-10)8-15(20)19-14/h2-7,16H,8H2,1H3,(H,19,20). The van der Waals surface area contributed by atoms with Crippen LogP contribution in [0.25, 0.3) is 0 Å². The number of carbonyl (C=O) groups excluding carboxylic acids is 1. The predicted octanol–water partition coefficient (Wildman–Crippen LogP) is 4.11. The molecule has 1 atom stereocenters. The van der Waals surface area contributed by atoms with Gasteiger partial charge in [0.1, 0.15) is 5.82 Å². The van der Waals surface area contributed by atoms with Gasteiger partial charge in [0.15, 0.2) is 0 Å². The predicted molar refractivity (Wildman–Crippen MR) is 80.7 cm³/mol. The first-order chi connectivity index (χ1) is 9.54. The number of fused-ring (bicyclic) bond motifs is 1. The average molecular weight is 334 g/mol. The molecule has 1 aliphatic heterocycles. The van der Waals surface area contributed by atoms with E-state index in [9.17, 15) is 9.18 Å². The minimum absolute atomic E-state index is 0.00443. The summed E-state index contributed by atoms with van der Waals surface area (Å²) in [4.78, 5) is 11.1. The molecule has 2 aromatic rings. The Balaban J connectivity index is 1.97. The lowest BCUT2D eigenvalue weighted by atomic mass is 10.00. The molecule has 0 spiro atoms. The second-order valence-corrected chi connectivity index (χ2v) is 5.94. The van der Waals surface area contributed by atoms with E-state index in [0.29, 0.717) is 12.0 Å². The SMILES string of the molecule is Cc1ccc(C(Br)c2ccc3c(c2)CC(=O)N3)c(F)c1. The van der Waals surface area contributed by atoms with Crippen LogP contribution in [0.15, 0.2) is 36.4 Å². The second-order valence-electron chi connectivity index (χ2n) is 5.03. The third kappa shape index (κ3) is 2.36. The molecule has 0 saturated heterocycles. The number of rotatable bonds is 2. The summed E-state index contributed by atoms with van der Waals surface area (Å²) in [5, 5.41) is 2.79. The van der Waals surface area contributed by atoms with Crippen molar-refractivity contribution in [2.24, 2.45) is 0 Å². The van der Waals surface area contributed by atoms with Gasteiger partial charge in [-0.25, -0.2) is 4.39 Å². The van der Waals surface area contributed by atoms with E-state index >= 15 is 0 Å². The fraction of sp³-hybridized carbons (Fsp3) is 0.188. The number of anilines is 1. The maximum absolute atomic E-state index is 14.0. The van der Waals surface area contributed by atoms with Crippen molar-refractivity contribution >= 4 is 27.5 Å². The van der Waals surface area contributed by atoms with Crippen molar-refractivity contribution in [3.63, 3.8) is 0 Å². The normalized spacial score (nSPS) is 14.8. The summed E-state index contributed by atoms with van der Waals surface area (Å²) in [5.74, 6) is -0.216. The Morgan fingerprint density at radius 2 is 2.05 bits per heavy atom. The quantitative estimate of drug-likeness (QED) is 0.823. The van der Waals surface area contributed by atoms with Gasteiger partial charge < -0.3 is 5.32 Å². The van der Waals surface area contributed by atoms with Gasteiger partial charge in [-0.2, -0.15) is 0 Å². The average Bonchev–Trinajstić information content (AvgIpc) is 2.77. The van der Waals surface area contributed by atoms with E-state index in [4.69, 9.17) is 0 Å². The molecule has 4 heteroatoms. The Labute approximate surface area is 125 Å². The monoisotopic (exact) mass is 333 g/mol. The smallest absolute Gasteiger partial charge is 0.228 e. The minimum Gasteiger partial charge on any atom is -0.326 e. The van der Waals surface area contributed by atoms with Crippen LogP contribution in [0.2, 0.25) is 0 Å². The molecule has 2 nitrogen and oxygen atoms in total. The van der Waals surface area contributed by atoms with E-state index in [0.717, 1.165) is 22.4 Å². The number of amides is 1. The van der Waals surface area contributed by atoms with Gasteiger partial charge >= 0.3 is 0 Å². The van der Waals surface area contributed by atoms with E-state index in [2.05, 4.69) is 21.2 Å². The van der Waals surface area contributed by atoms with E-state index in [-0.39, 0.29) is 16.6 Å². The topological polar surface area (TPSA) is 29.1 Å². The molecule has 1 unspecified atom stereocenters. The summed E-state index contributed by atoms with van der Waals surface area (Å²) in [6.07, 6.45) is 0.388. The molecule has 2 aromatic carbocycles. The minimum atomic E-state index is -0.221. The van der Waals surface area contributed by atoms with E-state index in [1.165, 1.54) is 6.07 Å². The summed E-state index contributed by atoms with van der Waals surface area (Å²) in [6.45, 7) is 1.86. The molecule has 3 rings (SSSR count). The van der Waals surface area contributed by atoms with Crippen LogP contribution >= 0.6 is 15.9 Å². The first-order valence-corrected chi connectivity index (χ1v) is 7.29. The summed E-state index contributed by atoms with van der Waals surface area (Å²) in [7, 11) is 0. The second kappa shape index (κ2) is 5.02. The molecule has 1 amide bonds. The number of alkyl halides is 1. The molecule has 0 fully saturated rings. The van der Waals surface area contributed by atoms with Gasteiger partial charge in [-0.15, -0.1) is 0 Å². The highest BCUT2D eigenvalue weighted by Crippen LogP contribution is 2.35. The number of aryl methyl sites for hydroxylation is 1. The summed E-state index contributed by atoms with van der Waals surface area (Å²) >= 11 is 3.55. The van der Waals surface area contributed by atoms with Gasteiger partial charge in [0.05, 0.1) is 11.2 Å². The van der Waals surface area contributed by atoms with Gasteiger partial charge in [-0.3, -0.25) is 4.79 Å². The maximum Gasteiger partial charge on any atom is 0.228 e. The number of halogens is 2. The number of carbonyl (C=O) groups is 1. The summed E-state index contributed by atoms with van der Waals surface area (Å²) in [6, 6.07) is 10.9. The van der Waals surface area contributed by atoms with Crippen molar-refractivity contribution in [3.8, 4) is 0 Å². The van der Waals surface area contributed by atoms with Gasteiger partial charge in [0.2, 0.25) is 5.91 Å². The molecule has 0 bridgehead atoms. The van der Waals surface area contributed by atoms with Crippen LogP contribution in [-0.4, -0.2) is 5.91 Å². The highest BCUT2D eigenvalue weighted by Gasteiger charge is 2.21. The molecule has 0 aromatic heterocycles. The summed E-state index contributed by atoms with van der Waals surface area (Å²) < 4.78 is 14.0. The van der Waals surface area contributed by atoms with Gasteiger partial charge in [0.25, 0.3) is 0 Å². The van der Waals surface area contributed by atoms with Crippen molar-refractivity contribution in [3.05, 3.63) is 64.5 Å². The molecule has 1 heterocycles. The maximum atomic E-state index is 14.0. The largest absolute Gasteiger partial charge is 0.326 e. The van der Waals surface area contributed by atoms with Crippen LogP contribution in [0.5, 0.6) is 0 Å². The Kier molecular flexibility index (Phi) is 3.34. The zero-order valence-electron chi connectivity index (χ0n) is 10.9. The van der Waals surface area contributed by atoms with Crippen molar-refractivity contribution in [1.29, 1.82) is 0 Å². The third-order valence-electron chi connectivity index (χ3n) is 3.48. The molecular formula is C16H13BrFNO. The van der Waals surface area contributed by atoms with Crippen LogP contribution in [0, 0.1) is 12.7 Å². The molecule has 0 saturated carbocycles. The van der Waals surface area contributed by atoms with Crippen LogP contribution in [0.1, 0.15) is 27.1 Å². The lowest BCUT2D eigenvalue weighted by Gasteiger charge is -2.13. The Morgan fingerprint density at radius 1 is 1.25 bits per heavy atom. The fourth-order valence-corrected chi connectivity index (χ4v) is 3.08. The first kappa shape index (κ1) is 13.3. The molecule has 20 heavy (non-hydrogen) atoms. The molecule has 0 aliphatic carbocycles. The highest BCUT2D eigenvalue weighted by atomic mass is 79.9. The molecular weight excluding hydrogens is 321 g/mol. The molecule has 1 N–H and O–H groups in total. The summed E-state index contributed by atoms with van der Waals surface area (Å²) in [5.41, 5.74) is 4.26. The van der Waals surface area contributed by atoms with Crippen LogP contribution in [0.3, 0.4) is 0 Å². The van der Waals surface area contributed by atoms with E-state index in [1.54, 1.807) is 6.07 Å². The Bertz CT molecular complexity index is 699. The Morgan fingerprint density at radius 3 is 2.80 bits per heavy atom. The van der Waals surface area contributed by atoms with Gasteiger partial charge in [-0.05, 0) is 35.7 Å². The number of benzene rings is 2. The van der Waals surface area contributed by atoms with Crippen LogP contribution < -0.4 is 5.32 Å². The number of hydrogen-bond acceptors (Lipinski definition) is 1. The fourth-order valence-electron chi connectivity index (χ4n) is 2.42. The number of hydrogen-bond donors (Lipinski definition) is 1. The van der Waals surface area contributed by atoms with Crippen LogP contribution in [-0.2, 0) is 11.2 Å². The van der Waals surface area contributed by atoms with Gasteiger partial charge in [0, 0.05) is 11.3 Å². The molecule has 102 valence electrons. The van der Waals surface area contributed by atoms with E-state index < -0.39 is 0 Å². The van der Waals surface area contributed by atoms with E-state index in [1.807, 2.05) is 31.2 Å². The van der Waals surface area contributed by atoms with Gasteiger partial charge in [-0.1, -0.05) is 40.2 Å². The Hall–Kier alpha value is -1.68. The lowest BCUT2D eigenvalue weighted by molar-refractivity contribution is -0.115. The third-order valence-corrected chi connectivity index (χ3v) is 4.50.